The number of allylic oxidation sites excluding steroid dienone is 1. The number of hydrogen-bond acceptors (Lipinski definition) is 4. The van der Waals surface area contributed by atoms with E-state index in [0.29, 0.717) is 13.2 Å². The predicted octanol–water partition coefficient (Wildman–Crippen LogP) is 5.16. The third-order valence-corrected chi connectivity index (χ3v) is 7.44. The molecule has 1 aromatic rings. The molecule has 2 rings (SSSR count). The zero-order valence-corrected chi connectivity index (χ0v) is 15.4. The molecule has 0 saturated carbocycles. The highest BCUT2D eigenvalue weighted by atomic mass is 32.7. The van der Waals surface area contributed by atoms with E-state index in [1.165, 1.54) is 16.9 Å². The average Bonchev–Trinajstić information content (AvgIpc) is 2.54. The molecular formula is C17H26NO3PS. The summed E-state index contributed by atoms with van der Waals surface area (Å²) >= 11 is 1.27. The van der Waals surface area contributed by atoms with Gasteiger partial charge in [-0.25, -0.2) is 5.09 Å². The Morgan fingerprint density at radius 2 is 2.39 bits per heavy atom. The number of nitrogens with one attached hydrogen (secondary N) is 1. The van der Waals surface area contributed by atoms with Crippen molar-refractivity contribution in [3.63, 3.8) is 0 Å². The first-order chi connectivity index (χ1) is 11.1. The Morgan fingerprint density at radius 1 is 1.52 bits per heavy atom. The molecule has 1 aromatic carbocycles. The molecule has 6 heteroatoms. The normalized spacial score (nSPS) is 20.8. The van der Waals surface area contributed by atoms with Crippen molar-refractivity contribution in [3.05, 3.63) is 42.5 Å². The first-order valence-corrected chi connectivity index (χ1v) is 11.2. The molecule has 0 aliphatic carbocycles. The molecule has 0 aromatic heterocycles. The van der Waals surface area contributed by atoms with Crippen LogP contribution < -0.4 is 5.09 Å². The third kappa shape index (κ3) is 6.44. The molecular weight excluding hydrogens is 329 g/mol. The number of rotatable bonds is 9. The summed E-state index contributed by atoms with van der Waals surface area (Å²) in [7, 11) is 0. The monoisotopic (exact) mass is 355 g/mol. The van der Waals surface area contributed by atoms with E-state index in [-0.39, 0.29) is 6.23 Å². The highest BCUT2D eigenvalue weighted by molar-refractivity contribution is 8.56. The molecule has 0 spiro atoms. The second kappa shape index (κ2) is 9.65. The fraction of sp³-hybridized carbons (Fsp3) is 0.529. The highest BCUT2D eigenvalue weighted by Crippen LogP contribution is 2.60. The maximum Gasteiger partial charge on any atom is 0.333 e. The van der Waals surface area contributed by atoms with Crippen LogP contribution in [0.2, 0.25) is 0 Å². The van der Waals surface area contributed by atoms with E-state index < -0.39 is 6.72 Å². The summed E-state index contributed by atoms with van der Waals surface area (Å²) in [5.74, 6) is 0. The van der Waals surface area contributed by atoms with Crippen molar-refractivity contribution in [1.29, 1.82) is 0 Å². The van der Waals surface area contributed by atoms with Crippen LogP contribution in [0.1, 0.15) is 38.2 Å². The van der Waals surface area contributed by atoms with Gasteiger partial charge in [0.25, 0.3) is 0 Å². The molecule has 1 heterocycles. The van der Waals surface area contributed by atoms with Crippen molar-refractivity contribution in [2.45, 2.75) is 50.2 Å². The maximum absolute atomic E-state index is 13.1. The Kier molecular flexibility index (Phi) is 7.87. The molecule has 1 aliphatic heterocycles. The van der Waals surface area contributed by atoms with Crippen molar-refractivity contribution >= 4 is 18.1 Å². The van der Waals surface area contributed by atoms with E-state index in [2.05, 4.69) is 23.8 Å². The van der Waals surface area contributed by atoms with Gasteiger partial charge in [0.1, 0.15) is 6.23 Å². The van der Waals surface area contributed by atoms with Gasteiger partial charge >= 0.3 is 6.72 Å². The lowest BCUT2D eigenvalue weighted by atomic mass is 10.1. The summed E-state index contributed by atoms with van der Waals surface area (Å²) in [6, 6.07) is 8.12. The second-order valence-electron chi connectivity index (χ2n) is 5.47. The number of aryl methyl sites for hydroxylation is 1. The molecule has 1 saturated heterocycles. The molecule has 4 nitrogen and oxygen atoms in total. The van der Waals surface area contributed by atoms with Crippen LogP contribution in [0.5, 0.6) is 0 Å². The van der Waals surface area contributed by atoms with Crippen LogP contribution >= 0.6 is 18.1 Å². The van der Waals surface area contributed by atoms with Crippen LogP contribution in [-0.2, 0) is 20.2 Å². The molecule has 0 bridgehead atoms. The quantitative estimate of drug-likeness (QED) is 0.490. The maximum atomic E-state index is 13.1. The summed E-state index contributed by atoms with van der Waals surface area (Å²) in [5, 5.41) is 3.10. The standard InChI is InChI=1S/C17H26NO3PS/c1-3-5-9-15-10-8-11-16(14-15)23-22(19,21-4-2)18-17-12-6-7-13-20-17/h3,8,10-11,14,17H,1,4-7,9,12-13H2,2H3,(H,18,19). The van der Waals surface area contributed by atoms with Crippen LogP contribution in [0.4, 0.5) is 0 Å². The Hall–Kier alpha value is -0.580. The largest absolute Gasteiger partial charge is 0.363 e. The van der Waals surface area contributed by atoms with E-state index in [1.54, 1.807) is 0 Å². The van der Waals surface area contributed by atoms with Crippen LogP contribution in [0.15, 0.2) is 41.8 Å². The van der Waals surface area contributed by atoms with Crippen molar-refractivity contribution in [3.8, 4) is 0 Å². The Bertz CT molecular complexity index is 546. The minimum absolute atomic E-state index is 0.183. The Morgan fingerprint density at radius 3 is 3.09 bits per heavy atom. The fourth-order valence-electron chi connectivity index (χ4n) is 2.44. The van der Waals surface area contributed by atoms with Crippen LogP contribution in [0, 0.1) is 0 Å². The van der Waals surface area contributed by atoms with Gasteiger partial charge < -0.3 is 9.26 Å². The zero-order valence-electron chi connectivity index (χ0n) is 13.7. The van der Waals surface area contributed by atoms with Gasteiger partial charge in [-0.15, -0.1) is 6.58 Å². The summed E-state index contributed by atoms with van der Waals surface area (Å²) < 4.78 is 24.3. The van der Waals surface area contributed by atoms with E-state index in [0.717, 1.165) is 37.0 Å². The van der Waals surface area contributed by atoms with Gasteiger partial charge in [-0.05, 0) is 68.1 Å². The zero-order chi connectivity index (χ0) is 16.5. The molecule has 0 amide bonds. The number of benzene rings is 1. The van der Waals surface area contributed by atoms with E-state index in [4.69, 9.17) is 9.26 Å². The van der Waals surface area contributed by atoms with Crippen LogP contribution in [0.3, 0.4) is 0 Å². The van der Waals surface area contributed by atoms with Gasteiger partial charge in [0.2, 0.25) is 0 Å². The SMILES string of the molecule is C=CCCc1cccc(SP(=O)(NC2CCCCO2)OCC)c1. The van der Waals surface area contributed by atoms with Crippen molar-refractivity contribution < 1.29 is 13.8 Å². The summed E-state index contributed by atoms with van der Waals surface area (Å²) in [5.41, 5.74) is 1.21. The second-order valence-corrected chi connectivity index (χ2v) is 9.62. The molecule has 128 valence electrons. The number of ether oxygens (including phenoxy) is 1. The lowest BCUT2D eigenvalue weighted by Crippen LogP contribution is -2.32. The summed E-state index contributed by atoms with van der Waals surface area (Å²) in [4.78, 5) is 0.951. The van der Waals surface area contributed by atoms with Gasteiger partial charge in [0.15, 0.2) is 0 Å². The highest BCUT2D eigenvalue weighted by Gasteiger charge is 2.29. The van der Waals surface area contributed by atoms with Crippen molar-refractivity contribution in [2.75, 3.05) is 13.2 Å². The minimum atomic E-state index is -3.03. The summed E-state index contributed by atoms with van der Waals surface area (Å²) in [6.45, 7) is 3.69. The fourth-order valence-corrected chi connectivity index (χ4v) is 6.30. The molecule has 1 N–H and O–H groups in total. The first kappa shape index (κ1) is 18.8. The Balaban J connectivity index is 2.05. The van der Waals surface area contributed by atoms with Crippen LogP contribution in [0.25, 0.3) is 0 Å². The molecule has 2 atom stereocenters. The summed E-state index contributed by atoms with van der Waals surface area (Å²) in [6.07, 6.45) is 6.63. The van der Waals surface area contributed by atoms with Gasteiger partial charge in [-0.3, -0.25) is 4.57 Å². The van der Waals surface area contributed by atoms with Gasteiger partial charge in [0.05, 0.1) is 6.61 Å². The number of hydrogen-bond donors (Lipinski definition) is 1. The van der Waals surface area contributed by atoms with E-state index in [1.807, 2.05) is 25.1 Å². The predicted molar refractivity (Wildman–Crippen MR) is 96.8 cm³/mol. The molecule has 1 fully saturated rings. The van der Waals surface area contributed by atoms with Crippen LogP contribution in [-0.4, -0.2) is 19.4 Å². The van der Waals surface area contributed by atoms with E-state index >= 15 is 0 Å². The lowest BCUT2D eigenvalue weighted by Gasteiger charge is -2.27. The smallest absolute Gasteiger partial charge is 0.333 e. The molecule has 0 radical (unpaired) electrons. The van der Waals surface area contributed by atoms with E-state index in [9.17, 15) is 4.57 Å². The topological polar surface area (TPSA) is 47.6 Å². The minimum Gasteiger partial charge on any atom is -0.363 e. The van der Waals surface area contributed by atoms with Gasteiger partial charge in [-0.2, -0.15) is 0 Å². The molecule has 1 aliphatic rings. The molecule has 2 unspecified atom stereocenters. The Labute approximate surface area is 143 Å². The third-order valence-electron chi connectivity index (χ3n) is 3.54. The first-order valence-electron chi connectivity index (χ1n) is 8.18. The lowest BCUT2D eigenvalue weighted by molar-refractivity contribution is 0.00744. The van der Waals surface area contributed by atoms with Gasteiger partial charge in [0, 0.05) is 11.5 Å². The average molecular weight is 355 g/mol. The molecule has 23 heavy (non-hydrogen) atoms. The van der Waals surface area contributed by atoms with Crippen molar-refractivity contribution in [2.24, 2.45) is 0 Å². The van der Waals surface area contributed by atoms with Gasteiger partial charge in [-0.1, -0.05) is 18.2 Å². The van der Waals surface area contributed by atoms with Crippen molar-refractivity contribution in [1.82, 2.24) is 5.09 Å².